The topological polar surface area (TPSA) is 108 Å². The largest absolute Gasteiger partial charge is 0.508 e. The van der Waals surface area contributed by atoms with Crippen molar-refractivity contribution in [1.82, 2.24) is 29.5 Å². The molecule has 0 aliphatic rings. The van der Waals surface area contributed by atoms with E-state index < -0.39 is 0 Å². The third kappa shape index (κ3) is 4.23. The molecule has 0 fully saturated rings. The molecule has 0 radical (unpaired) electrons. The molecule has 0 spiro atoms. The molecule has 26 heavy (non-hydrogen) atoms. The van der Waals surface area contributed by atoms with Crippen LogP contribution in [0.2, 0.25) is 0 Å². The Morgan fingerprint density at radius 3 is 1.54 bits per heavy atom. The molecular weight excluding hydrogens is 330 g/mol. The van der Waals surface area contributed by atoms with Crippen molar-refractivity contribution in [3.8, 4) is 17.1 Å². The summed E-state index contributed by atoms with van der Waals surface area (Å²) >= 11 is 0. The van der Waals surface area contributed by atoms with Gasteiger partial charge < -0.3 is 10.8 Å². The number of aryl methyl sites for hydroxylation is 2. The molecule has 4 aromatic rings. The van der Waals surface area contributed by atoms with Crippen LogP contribution in [0, 0.1) is 13.8 Å². The zero-order chi connectivity index (χ0) is 18.5. The van der Waals surface area contributed by atoms with E-state index in [1.54, 1.807) is 46.3 Å². The zero-order valence-corrected chi connectivity index (χ0v) is 14.5. The summed E-state index contributed by atoms with van der Waals surface area (Å²) in [6, 6.07) is 14.3. The van der Waals surface area contributed by atoms with E-state index in [1.165, 1.54) is 0 Å². The van der Waals surface area contributed by atoms with Gasteiger partial charge in [-0.25, -0.2) is 19.3 Å². The Morgan fingerprint density at radius 2 is 1.15 bits per heavy atom. The first-order valence-electron chi connectivity index (χ1n) is 7.93. The number of phenolic OH excluding ortho intramolecular Hbond substituents is 1. The second-order valence-electron chi connectivity index (χ2n) is 5.58. The van der Waals surface area contributed by atoms with E-state index in [1.807, 2.05) is 38.1 Å². The maximum absolute atomic E-state index is 9.06. The average molecular weight is 349 g/mol. The summed E-state index contributed by atoms with van der Waals surface area (Å²) in [5, 5.41) is 17.4. The fourth-order valence-corrected chi connectivity index (χ4v) is 2.17. The number of nitrogen functional groups attached to an aromatic ring is 1. The van der Waals surface area contributed by atoms with Crippen LogP contribution in [-0.4, -0.2) is 34.6 Å². The van der Waals surface area contributed by atoms with Gasteiger partial charge >= 0.3 is 0 Å². The van der Waals surface area contributed by atoms with Gasteiger partial charge in [0.15, 0.2) is 0 Å². The highest BCUT2D eigenvalue weighted by atomic mass is 16.3. The Labute approximate surface area is 150 Å². The van der Waals surface area contributed by atoms with Crippen LogP contribution in [0.5, 0.6) is 5.75 Å². The third-order valence-corrected chi connectivity index (χ3v) is 3.48. The monoisotopic (exact) mass is 349 g/mol. The summed E-state index contributed by atoms with van der Waals surface area (Å²) in [5.74, 6) is 1.74. The Balaban J connectivity index is 0.000000151. The summed E-state index contributed by atoms with van der Waals surface area (Å²) in [6.45, 7) is 3.69. The van der Waals surface area contributed by atoms with Crippen LogP contribution in [0.25, 0.3) is 11.4 Å². The van der Waals surface area contributed by atoms with E-state index >= 15 is 0 Å². The first-order valence-corrected chi connectivity index (χ1v) is 7.93. The maximum Gasteiger partial charge on any atom is 0.147 e. The molecule has 2 aromatic heterocycles. The summed E-state index contributed by atoms with van der Waals surface area (Å²) in [6.07, 6.45) is 3.32. The molecule has 3 N–H and O–H groups in total. The Bertz CT molecular complexity index is 890. The van der Waals surface area contributed by atoms with Gasteiger partial charge in [-0.1, -0.05) is 0 Å². The molecule has 0 atom stereocenters. The average Bonchev–Trinajstić information content (AvgIpc) is 3.25. The predicted molar refractivity (Wildman–Crippen MR) is 98.3 cm³/mol. The quantitative estimate of drug-likeness (QED) is 0.538. The molecule has 0 unspecified atom stereocenters. The number of hydrogen-bond acceptors (Lipinski definition) is 6. The van der Waals surface area contributed by atoms with Crippen LogP contribution < -0.4 is 5.73 Å². The lowest BCUT2D eigenvalue weighted by Gasteiger charge is -1.99. The fourth-order valence-electron chi connectivity index (χ4n) is 2.17. The lowest BCUT2D eigenvalue weighted by atomic mass is 10.3. The number of phenols is 1. The van der Waals surface area contributed by atoms with E-state index in [0.717, 1.165) is 28.7 Å². The first-order chi connectivity index (χ1) is 12.5. The SMILES string of the molecule is Cc1ncn(-c2ccc(N)cc2)n1.Cc1ncn(-c2ccc(O)cc2)n1. The second kappa shape index (κ2) is 7.47. The first kappa shape index (κ1) is 17.2. The number of hydrogen-bond donors (Lipinski definition) is 2. The molecule has 0 bridgehead atoms. The van der Waals surface area contributed by atoms with Crippen LogP contribution in [0.4, 0.5) is 5.69 Å². The highest BCUT2D eigenvalue weighted by molar-refractivity contribution is 5.44. The smallest absolute Gasteiger partial charge is 0.147 e. The summed E-state index contributed by atoms with van der Waals surface area (Å²) in [4.78, 5) is 8.04. The van der Waals surface area contributed by atoms with Crippen LogP contribution in [0.3, 0.4) is 0 Å². The van der Waals surface area contributed by atoms with Gasteiger partial charge in [0.1, 0.15) is 30.1 Å². The summed E-state index contributed by atoms with van der Waals surface area (Å²) < 4.78 is 3.38. The van der Waals surface area contributed by atoms with Crippen molar-refractivity contribution in [3.63, 3.8) is 0 Å². The number of anilines is 1. The molecule has 0 aliphatic heterocycles. The fraction of sp³-hybridized carbons (Fsp3) is 0.111. The molecule has 8 nitrogen and oxygen atoms in total. The predicted octanol–water partition coefficient (Wildman–Crippen LogP) is 2.44. The minimum absolute atomic E-state index is 0.251. The Morgan fingerprint density at radius 1 is 0.731 bits per heavy atom. The van der Waals surface area contributed by atoms with Crippen LogP contribution in [0.1, 0.15) is 11.6 Å². The Hall–Kier alpha value is -3.68. The van der Waals surface area contributed by atoms with Gasteiger partial charge in [0, 0.05) is 5.69 Å². The summed E-state index contributed by atoms with van der Waals surface area (Å²) in [7, 11) is 0. The van der Waals surface area contributed by atoms with E-state index in [9.17, 15) is 0 Å². The minimum atomic E-state index is 0.251. The highest BCUT2D eigenvalue weighted by Gasteiger charge is 1.98. The number of benzene rings is 2. The zero-order valence-electron chi connectivity index (χ0n) is 14.5. The molecular formula is C18H19N7O. The number of aromatic hydroxyl groups is 1. The van der Waals surface area contributed by atoms with Gasteiger partial charge in [-0.15, -0.1) is 0 Å². The van der Waals surface area contributed by atoms with E-state index in [2.05, 4.69) is 20.2 Å². The molecule has 0 saturated heterocycles. The van der Waals surface area contributed by atoms with Gasteiger partial charge in [-0.05, 0) is 62.4 Å². The Kier molecular flexibility index (Phi) is 4.93. The van der Waals surface area contributed by atoms with Crippen LogP contribution >= 0.6 is 0 Å². The van der Waals surface area contributed by atoms with Crippen molar-refractivity contribution < 1.29 is 5.11 Å². The molecule has 0 aliphatic carbocycles. The van der Waals surface area contributed by atoms with E-state index in [-0.39, 0.29) is 5.75 Å². The normalized spacial score (nSPS) is 10.2. The van der Waals surface area contributed by atoms with Crippen molar-refractivity contribution in [2.75, 3.05) is 5.73 Å². The van der Waals surface area contributed by atoms with Crippen LogP contribution in [-0.2, 0) is 0 Å². The standard InChI is InChI=1S/C9H10N4.C9H9N3O/c1-7-11-6-13(12-7)9-4-2-8(10)3-5-9;1-7-10-6-12(11-7)8-2-4-9(13)5-3-8/h2-6H,10H2,1H3;2-6,13H,1H3. The van der Waals surface area contributed by atoms with Crippen molar-refractivity contribution in [2.24, 2.45) is 0 Å². The summed E-state index contributed by atoms with van der Waals surface area (Å²) in [5.41, 5.74) is 8.17. The molecule has 132 valence electrons. The number of rotatable bonds is 2. The van der Waals surface area contributed by atoms with E-state index in [0.29, 0.717) is 0 Å². The molecule has 8 heteroatoms. The van der Waals surface area contributed by atoms with Gasteiger partial charge in [-0.2, -0.15) is 10.2 Å². The molecule has 4 rings (SSSR count). The molecule has 2 heterocycles. The third-order valence-electron chi connectivity index (χ3n) is 3.48. The lowest BCUT2D eigenvalue weighted by molar-refractivity contribution is 0.475. The molecule has 0 saturated carbocycles. The maximum atomic E-state index is 9.06. The van der Waals surface area contributed by atoms with Crippen molar-refractivity contribution in [2.45, 2.75) is 13.8 Å². The van der Waals surface area contributed by atoms with E-state index in [4.69, 9.17) is 10.8 Å². The van der Waals surface area contributed by atoms with Gasteiger partial charge in [0.2, 0.25) is 0 Å². The van der Waals surface area contributed by atoms with Crippen molar-refractivity contribution in [1.29, 1.82) is 0 Å². The van der Waals surface area contributed by atoms with Gasteiger partial charge in [0.25, 0.3) is 0 Å². The second-order valence-corrected chi connectivity index (χ2v) is 5.58. The van der Waals surface area contributed by atoms with Crippen molar-refractivity contribution in [3.05, 3.63) is 72.8 Å². The van der Waals surface area contributed by atoms with Crippen LogP contribution in [0.15, 0.2) is 61.2 Å². The van der Waals surface area contributed by atoms with Crippen molar-refractivity contribution >= 4 is 5.69 Å². The highest BCUT2D eigenvalue weighted by Crippen LogP contribution is 2.12. The number of nitrogens with two attached hydrogens (primary N) is 1. The number of aromatic nitrogens is 6. The lowest BCUT2D eigenvalue weighted by Crippen LogP contribution is -1.95. The minimum Gasteiger partial charge on any atom is -0.508 e. The molecule has 0 amide bonds. The molecule has 2 aromatic carbocycles. The van der Waals surface area contributed by atoms with Gasteiger partial charge in [0.05, 0.1) is 11.4 Å². The van der Waals surface area contributed by atoms with Gasteiger partial charge in [-0.3, -0.25) is 0 Å². The number of nitrogens with zero attached hydrogens (tertiary/aromatic N) is 6.